The molecule has 30 heavy (non-hydrogen) atoms. The van der Waals surface area contributed by atoms with Gasteiger partial charge < -0.3 is 23.7 Å². The Kier molecular flexibility index (Phi) is 6.53. The Labute approximate surface area is 171 Å². The van der Waals surface area contributed by atoms with E-state index >= 15 is 0 Å². The summed E-state index contributed by atoms with van der Waals surface area (Å²) in [5.74, 6) is -0.303. The highest BCUT2D eigenvalue weighted by molar-refractivity contribution is 5.97. The van der Waals surface area contributed by atoms with Gasteiger partial charge in [0, 0.05) is 5.39 Å². The minimum atomic E-state index is -1.09. The van der Waals surface area contributed by atoms with Gasteiger partial charge in [0.15, 0.2) is 35.2 Å². The van der Waals surface area contributed by atoms with E-state index in [1.165, 1.54) is 13.3 Å². The van der Waals surface area contributed by atoms with Gasteiger partial charge in [-0.05, 0) is 42.8 Å². The molecule has 156 valence electrons. The zero-order valence-corrected chi connectivity index (χ0v) is 16.4. The zero-order valence-electron chi connectivity index (χ0n) is 16.4. The normalized spacial score (nSPS) is 10.9. The maximum atomic E-state index is 12.3. The van der Waals surface area contributed by atoms with Gasteiger partial charge in [-0.2, -0.15) is 5.10 Å². The number of nitrogens with zero attached hydrogens (tertiary/aromatic N) is 1. The minimum Gasteiger partial charge on any atom is -0.493 e. The summed E-state index contributed by atoms with van der Waals surface area (Å²) in [6.45, 7) is 1.69. The molecule has 0 saturated heterocycles. The van der Waals surface area contributed by atoms with Gasteiger partial charge in [0.1, 0.15) is 0 Å². The first-order valence-electron chi connectivity index (χ1n) is 9.03. The highest BCUT2D eigenvalue weighted by Crippen LogP contribution is 2.29. The number of carbonyl (C=O) groups is 2. The van der Waals surface area contributed by atoms with Crippen molar-refractivity contribution in [1.29, 1.82) is 0 Å². The molecule has 0 atom stereocenters. The SMILES string of the molecule is CCOc1cc(/C=N\NC(=O)c2cc3cccc(OC)c3o2)ccc1OCC(=O)O. The average Bonchev–Trinajstić information content (AvgIpc) is 3.18. The van der Waals surface area contributed by atoms with Crippen molar-refractivity contribution in [3.63, 3.8) is 0 Å². The first kappa shape index (κ1) is 20.7. The van der Waals surface area contributed by atoms with Crippen LogP contribution in [0.2, 0.25) is 0 Å². The number of carbonyl (C=O) groups excluding carboxylic acids is 1. The molecule has 9 heteroatoms. The van der Waals surface area contributed by atoms with Gasteiger partial charge in [0.2, 0.25) is 0 Å². The average molecular weight is 412 g/mol. The lowest BCUT2D eigenvalue weighted by molar-refractivity contribution is -0.139. The molecule has 1 heterocycles. The Morgan fingerprint density at radius 1 is 1.13 bits per heavy atom. The second kappa shape index (κ2) is 9.46. The minimum absolute atomic E-state index is 0.0964. The van der Waals surface area contributed by atoms with Crippen LogP contribution in [-0.4, -0.2) is 43.5 Å². The number of ether oxygens (including phenoxy) is 3. The highest BCUT2D eigenvalue weighted by Gasteiger charge is 2.14. The molecule has 0 fully saturated rings. The van der Waals surface area contributed by atoms with Gasteiger partial charge in [0.05, 0.1) is 19.9 Å². The summed E-state index contributed by atoms with van der Waals surface area (Å²) in [5.41, 5.74) is 3.50. The van der Waals surface area contributed by atoms with E-state index in [2.05, 4.69) is 10.5 Å². The first-order chi connectivity index (χ1) is 14.5. The molecule has 0 aliphatic carbocycles. The van der Waals surface area contributed by atoms with Crippen molar-refractivity contribution in [3.05, 3.63) is 53.8 Å². The molecular weight excluding hydrogens is 392 g/mol. The maximum Gasteiger partial charge on any atom is 0.341 e. The van der Waals surface area contributed by atoms with Crippen molar-refractivity contribution in [2.75, 3.05) is 20.3 Å². The fraction of sp³-hybridized carbons (Fsp3) is 0.190. The third-order valence-electron chi connectivity index (χ3n) is 3.95. The Morgan fingerprint density at radius 3 is 2.70 bits per heavy atom. The smallest absolute Gasteiger partial charge is 0.341 e. The van der Waals surface area contributed by atoms with Crippen LogP contribution in [0.5, 0.6) is 17.2 Å². The molecule has 3 aromatic rings. The molecule has 0 radical (unpaired) electrons. The summed E-state index contributed by atoms with van der Waals surface area (Å²) in [6, 6.07) is 11.8. The topological polar surface area (TPSA) is 120 Å². The molecular formula is C21H20N2O7. The summed E-state index contributed by atoms with van der Waals surface area (Å²) in [6.07, 6.45) is 1.42. The predicted octanol–water partition coefficient (Wildman–Crippen LogP) is 3.07. The van der Waals surface area contributed by atoms with Crippen LogP contribution < -0.4 is 19.6 Å². The number of para-hydroxylation sites is 1. The van der Waals surface area contributed by atoms with E-state index in [1.807, 2.05) is 6.07 Å². The number of nitrogens with one attached hydrogen (secondary N) is 1. The highest BCUT2D eigenvalue weighted by atomic mass is 16.5. The number of methoxy groups -OCH3 is 1. The lowest BCUT2D eigenvalue weighted by Gasteiger charge is -2.11. The van der Waals surface area contributed by atoms with Crippen molar-refractivity contribution in [2.45, 2.75) is 6.92 Å². The summed E-state index contributed by atoms with van der Waals surface area (Å²) >= 11 is 0. The number of carboxylic acids is 1. The molecule has 3 rings (SSSR count). The quantitative estimate of drug-likeness (QED) is 0.409. The van der Waals surface area contributed by atoms with Crippen molar-refractivity contribution < 1.29 is 33.3 Å². The summed E-state index contributed by atoms with van der Waals surface area (Å²) in [7, 11) is 1.52. The second-order valence-corrected chi connectivity index (χ2v) is 6.01. The predicted molar refractivity (Wildman–Crippen MR) is 109 cm³/mol. The lowest BCUT2D eigenvalue weighted by atomic mass is 10.2. The van der Waals surface area contributed by atoms with Gasteiger partial charge in [-0.1, -0.05) is 12.1 Å². The van der Waals surface area contributed by atoms with Crippen LogP contribution >= 0.6 is 0 Å². The Morgan fingerprint density at radius 2 is 1.97 bits per heavy atom. The number of aliphatic carboxylic acids is 1. The molecule has 0 aliphatic heterocycles. The van der Waals surface area contributed by atoms with Crippen LogP contribution in [0.15, 0.2) is 52.0 Å². The number of hydrogen-bond acceptors (Lipinski definition) is 7. The van der Waals surface area contributed by atoms with E-state index in [0.717, 1.165) is 5.39 Å². The van der Waals surface area contributed by atoms with Crippen molar-refractivity contribution in [3.8, 4) is 17.2 Å². The molecule has 1 aromatic heterocycles. The number of hydrazone groups is 1. The zero-order chi connectivity index (χ0) is 21.5. The van der Waals surface area contributed by atoms with E-state index in [4.69, 9.17) is 23.7 Å². The summed E-state index contributed by atoms with van der Waals surface area (Å²) in [4.78, 5) is 23.0. The van der Waals surface area contributed by atoms with Crippen LogP contribution in [0.4, 0.5) is 0 Å². The van der Waals surface area contributed by atoms with E-state index in [-0.39, 0.29) is 5.76 Å². The lowest BCUT2D eigenvalue weighted by Crippen LogP contribution is -2.16. The number of carboxylic acid groups (broad SMARTS) is 1. The standard InChI is InChI=1S/C21H20N2O7/c1-3-28-17-9-13(7-8-15(17)29-12-19(24)25)11-22-23-21(26)18-10-14-5-4-6-16(27-2)20(14)30-18/h4-11H,3,12H2,1-2H3,(H,23,26)(H,24,25)/b22-11-. The monoisotopic (exact) mass is 412 g/mol. The molecule has 0 saturated carbocycles. The number of benzene rings is 2. The number of rotatable bonds is 9. The summed E-state index contributed by atoms with van der Waals surface area (Å²) < 4.78 is 21.5. The number of hydrogen-bond donors (Lipinski definition) is 2. The maximum absolute atomic E-state index is 12.3. The Balaban J connectivity index is 1.70. The largest absolute Gasteiger partial charge is 0.493 e. The van der Waals surface area contributed by atoms with Gasteiger partial charge in [-0.3, -0.25) is 4.79 Å². The number of amides is 1. The third kappa shape index (κ3) is 4.88. The van der Waals surface area contributed by atoms with E-state index in [0.29, 0.717) is 35.0 Å². The third-order valence-corrected chi connectivity index (χ3v) is 3.95. The van der Waals surface area contributed by atoms with E-state index < -0.39 is 18.5 Å². The molecule has 0 bridgehead atoms. The van der Waals surface area contributed by atoms with Gasteiger partial charge in [-0.15, -0.1) is 0 Å². The number of fused-ring (bicyclic) bond motifs is 1. The van der Waals surface area contributed by atoms with E-state index in [9.17, 15) is 9.59 Å². The fourth-order valence-electron chi connectivity index (χ4n) is 2.66. The fourth-order valence-corrected chi connectivity index (χ4v) is 2.66. The van der Waals surface area contributed by atoms with E-state index in [1.54, 1.807) is 43.3 Å². The Hall–Kier alpha value is -4.01. The molecule has 0 spiro atoms. The molecule has 2 aromatic carbocycles. The van der Waals surface area contributed by atoms with Crippen LogP contribution in [-0.2, 0) is 4.79 Å². The van der Waals surface area contributed by atoms with Gasteiger partial charge in [0.25, 0.3) is 0 Å². The number of furan rings is 1. The van der Waals surface area contributed by atoms with Crippen molar-refractivity contribution >= 4 is 29.1 Å². The van der Waals surface area contributed by atoms with Crippen LogP contribution in [0, 0.1) is 0 Å². The molecule has 0 unspecified atom stereocenters. The first-order valence-corrected chi connectivity index (χ1v) is 9.03. The molecule has 1 amide bonds. The van der Waals surface area contributed by atoms with Gasteiger partial charge in [-0.25, -0.2) is 10.2 Å². The van der Waals surface area contributed by atoms with Crippen LogP contribution in [0.1, 0.15) is 23.0 Å². The van der Waals surface area contributed by atoms with Crippen molar-refractivity contribution in [1.82, 2.24) is 5.43 Å². The van der Waals surface area contributed by atoms with Crippen LogP contribution in [0.25, 0.3) is 11.0 Å². The van der Waals surface area contributed by atoms with Crippen molar-refractivity contribution in [2.24, 2.45) is 5.10 Å². The van der Waals surface area contributed by atoms with Gasteiger partial charge >= 0.3 is 11.9 Å². The summed E-state index contributed by atoms with van der Waals surface area (Å²) in [5, 5.41) is 13.4. The molecule has 0 aliphatic rings. The van der Waals surface area contributed by atoms with Crippen LogP contribution in [0.3, 0.4) is 0 Å². The molecule has 2 N–H and O–H groups in total. The Bertz CT molecular complexity index is 1090. The molecule has 9 nitrogen and oxygen atoms in total. The second-order valence-electron chi connectivity index (χ2n) is 6.01.